The number of rotatable bonds is 3. The summed E-state index contributed by atoms with van der Waals surface area (Å²) in [6.07, 6.45) is 7.54. The van der Waals surface area contributed by atoms with Crippen LogP contribution in [0.5, 0.6) is 5.75 Å². The molecular weight excluding hydrogens is 368 g/mol. The molecule has 3 heteroatoms. The van der Waals surface area contributed by atoms with Crippen LogP contribution in [0.4, 0.5) is 11.4 Å². The largest absolute Gasteiger partial charge is 0.506 e. The van der Waals surface area contributed by atoms with E-state index in [1.54, 1.807) is 0 Å². The number of likely N-dealkylation sites (N-methyl/N-ethyl adjacent to an activating group) is 1. The Morgan fingerprint density at radius 2 is 1.83 bits per heavy atom. The molecule has 5 rings (SSSR count). The second-order valence-corrected chi connectivity index (χ2v) is 10.6. The molecule has 3 aliphatic rings. The number of likely N-dealkylation sites (tertiary alicyclic amines) is 1. The van der Waals surface area contributed by atoms with Gasteiger partial charge in [-0.3, -0.25) is 0 Å². The average Bonchev–Trinajstić information content (AvgIpc) is 2.72. The average molecular weight is 405 g/mol. The molecule has 1 saturated carbocycles. The first-order chi connectivity index (χ1) is 14.4. The zero-order valence-corrected chi connectivity index (χ0v) is 19.0. The summed E-state index contributed by atoms with van der Waals surface area (Å²) in [6, 6.07) is 13.4. The van der Waals surface area contributed by atoms with E-state index in [1.165, 1.54) is 55.3 Å². The van der Waals surface area contributed by atoms with E-state index in [2.05, 4.69) is 74.4 Å². The predicted molar refractivity (Wildman–Crippen MR) is 125 cm³/mol. The number of anilines is 2. The van der Waals surface area contributed by atoms with Gasteiger partial charge in [-0.2, -0.15) is 0 Å². The molecule has 2 aromatic rings. The SMILES string of the molecule is CC(C)c1ccccc1Nc1cc2c(cc1O)[C@]13CCCC[C@]1(C)[C@H](C2)N(C)CC3. The molecule has 2 fully saturated rings. The number of para-hydroxylation sites is 1. The highest BCUT2D eigenvalue weighted by molar-refractivity contribution is 5.71. The number of hydrogen-bond donors (Lipinski definition) is 2. The van der Waals surface area contributed by atoms with E-state index >= 15 is 0 Å². The predicted octanol–water partition coefficient (Wildman–Crippen LogP) is 6.34. The number of piperidine rings is 1. The van der Waals surface area contributed by atoms with Crippen molar-refractivity contribution in [1.82, 2.24) is 4.90 Å². The molecule has 0 radical (unpaired) electrons. The van der Waals surface area contributed by atoms with Gasteiger partial charge in [-0.05, 0) is 85.5 Å². The Kier molecular flexibility index (Phi) is 4.66. The lowest BCUT2D eigenvalue weighted by Crippen LogP contribution is -2.66. The Bertz CT molecular complexity index is 967. The van der Waals surface area contributed by atoms with Crippen LogP contribution >= 0.6 is 0 Å². The van der Waals surface area contributed by atoms with Gasteiger partial charge in [0.05, 0.1) is 5.69 Å². The van der Waals surface area contributed by atoms with Crippen molar-refractivity contribution in [2.45, 2.75) is 76.7 Å². The first-order valence-corrected chi connectivity index (χ1v) is 11.8. The highest BCUT2D eigenvalue weighted by Crippen LogP contribution is 2.63. The zero-order chi connectivity index (χ0) is 21.1. The fourth-order valence-corrected chi connectivity index (χ4v) is 7.12. The molecule has 3 atom stereocenters. The van der Waals surface area contributed by atoms with Gasteiger partial charge in [-0.25, -0.2) is 0 Å². The van der Waals surface area contributed by atoms with Crippen LogP contribution in [-0.4, -0.2) is 29.6 Å². The summed E-state index contributed by atoms with van der Waals surface area (Å²) in [5.41, 5.74) is 6.64. The van der Waals surface area contributed by atoms with Crippen LogP contribution in [0.25, 0.3) is 0 Å². The van der Waals surface area contributed by atoms with Crippen LogP contribution in [0.1, 0.15) is 75.5 Å². The number of benzene rings is 2. The molecule has 0 unspecified atom stereocenters. The topological polar surface area (TPSA) is 35.5 Å². The lowest BCUT2D eigenvalue weighted by atomic mass is 9.45. The van der Waals surface area contributed by atoms with Crippen LogP contribution in [0.3, 0.4) is 0 Å². The maximum atomic E-state index is 11.1. The monoisotopic (exact) mass is 404 g/mol. The van der Waals surface area contributed by atoms with E-state index in [4.69, 9.17) is 0 Å². The van der Waals surface area contributed by atoms with Gasteiger partial charge in [0, 0.05) is 17.1 Å². The van der Waals surface area contributed by atoms with Crippen LogP contribution in [-0.2, 0) is 11.8 Å². The smallest absolute Gasteiger partial charge is 0.139 e. The Labute approximate surface area is 181 Å². The molecule has 0 aromatic heterocycles. The van der Waals surface area contributed by atoms with E-state index in [9.17, 15) is 5.11 Å². The van der Waals surface area contributed by atoms with Crippen molar-refractivity contribution < 1.29 is 5.11 Å². The number of nitrogens with one attached hydrogen (secondary N) is 1. The molecule has 30 heavy (non-hydrogen) atoms. The van der Waals surface area contributed by atoms with E-state index in [1.807, 2.05) is 0 Å². The number of phenolic OH excluding ortho intramolecular Hbond substituents is 1. The van der Waals surface area contributed by atoms with Crippen LogP contribution in [0, 0.1) is 5.41 Å². The molecule has 160 valence electrons. The Morgan fingerprint density at radius 1 is 1.07 bits per heavy atom. The highest BCUT2D eigenvalue weighted by atomic mass is 16.3. The van der Waals surface area contributed by atoms with Gasteiger partial charge in [0.25, 0.3) is 0 Å². The van der Waals surface area contributed by atoms with Crippen molar-refractivity contribution in [3.63, 3.8) is 0 Å². The van der Waals surface area contributed by atoms with Gasteiger partial charge < -0.3 is 15.3 Å². The van der Waals surface area contributed by atoms with Crippen molar-refractivity contribution in [2.24, 2.45) is 5.41 Å². The molecular formula is C27H36N2O. The van der Waals surface area contributed by atoms with Gasteiger partial charge >= 0.3 is 0 Å². The summed E-state index contributed by atoms with van der Waals surface area (Å²) in [5, 5.41) is 14.7. The van der Waals surface area contributed by atoms with Gasteiger partial charge in [0.15, 0.2) is 0 Å². The standard InChI is InChI=1S/C27H36N2O/c1-18(2)20-9-5-6-10-22(20)28-23-15-19-16-25-26(3)11-7-8-12-27(26,13-14-29(25)4)21(19)17-24(23)30/h5-6,9-10,15,17-18,25,28,30H,7-8,11-14,16H2,1-4H3/t25-,26+,27+/m0/s1. The fourth-order valence-electron chi connectivity index (χ4n) is 7.12. The minimum Gasteiger partial charge on any atom is -0.506 e. The Morgan fingerprint density at radius 3 is 2.63 bits per heavy atom. The minimum absolute atomic E-state index is 0.224. The van der Waals surface area contributed by atoms with E-state index < -0.39 is 0 Å². The fraction of sp³-hybridized carbons (Fsp3) is 0.556. The highest BCUT2D eigenvalue weighted by Gasteiger charge is 2.60. The number of fused-ring (bicyclic) bond motifs is 1. The van der Waals surface area contributed by atoms with Crippen molar-refractivity contribution >= 4 is 11.4 Å². The molecule has 1 aliphatic heterocycles. The zero-order valence-electron chi connectivity index (χ0n) is 19.0. The van der Waals surface area contributed by atoms with Gasteiger partial charge in [0.2, 0.25) is 0 Å². The maximum absolute atomic E-state index is 11.1. The third-order valence-electron chi connectivity index (χ3n) is 8.80. The van der Waals surface area contributed by atoms with Crippen molar-refractivity contribution in [2.75, 3.05) is 18.9 Å². The number of phenols is 1. The van der Waals surface area contributed by atoms with E-state index in [0.29, 0.717) is 23.1 Å². The molecule has 2 aromatic carbocycles. The maximum Gasteiger partial charge on any atom is 0.139 e. The molecule has 3 nitrogen and oxygen atoms in total. The van der Waals surface area contributed by atoms with Gasteiger partial charge in [-0.1, -0.05) is 51.8 Å². The second-order valence-electron chi connectivity index (χ2n) is 10.6. The Hall–Kier alpha value is -2.00. The molecule has 0 amide bonds. The number of hydrogen-bond acceptors (Lipinski definition) is 3. The summed E-state index contributed by atoms with van der Waals surface area (Å²) in [5.74, 6) is 0.829. The molecule has 1 heterocycles. The molecule has 2 bridgehead atoms. The summed E-state index contributed by atoms with van der Waals surface area (Å²) < 4.78 is 0. The van der Waals surface area contributed by atoms with Gasteiger partial charge in [-0.15, -0.1) is 0 Å². The molecule has 0 spiro atoms. The minimum atomic E-state index is 0.224. The van der Waals surface area contributed by atoms with E-state index in [0.717, 1.165) is 17.8 Å². The van der Waals surface area contributed by atoms with Gasteiger partial charge in [0.1, 0.15) is 5.75 Å². The lowest BCUT2D eigenvalue weighted by molar-refractivity contribution is -0.0735. The van der Waals surface area contributed by atoms with Crippen LogP contribution in [0.2, 0.25) is 0 Å². The first kappa shape index (κ1) is 19.9. The van der Waals surface area contributed by atoms with Crippen molar-refractivity contribution in [3.05, 3.63) is 53.1 Å². The van der Waals surface area contributed by atoms with Crippen LogP contribution in [0.15, 0.2) is 36.4 Å². The summed E-state index contributed by atoms with van der Waals surface area (Å²) in [7, 11) is 2.32. The molecule has 1 saturated heterocycles. The first-order valence-electron chi connectivity index (χ1n) is 11.8. The number of nitrogens with zero attached hydrogens (tertiary/aromatic N) is 1. The Balaban J connectivity index is 1.60. The summed E-state index contributed by atoms with van der Waals surface area (Å²) in [4.78, 5) is 2.61. The third kappa shape index (κ3) is 2.74. The normalized spacial score (nSPS) is 30.6. The van der Waals surface area contributed by atoms with Crippen molar-refractivity contribution in [3.8, 4) is 5.75 Å². The quantitative estimate of drug-likeness (QED) is 0.586. The number of aromatic hydroxyl groups is 1. The second kappa shape index (κ2) is 7.02. The summed E-state index contributed by atoms with van der Waals surface area (Å²) in [6.45, 7) is 8.14. The third-order valence-corrected chi connectivity index (χ3v) is 8.80. The van der Waals surface area contributed by atoms with Crippen molar-refractivity contribution in [1.29, 1.82) is 0 Å². The summed E-state index contributed by atoms with van der Waals surface area (Å²) >= 11 is 0. The van der Waals surface area contributed by atoms with E-state index in [-0.39, 0.29) is 5.41 Å². The molecule has 2 N–H and O–H groups in total. The molecule has 2 aliphatic carbocycles. The lowest BCUT2D eigenvalue weighted by Gasteiger charge is -2.65. The van der Waals surface area contributed by atoms with Crippen LogP contribution < -0.4 is 5.32 Å².